The predicted octanol–water partition coefficient (Wildman–Crippen LogP) is 4.16. The molecule has 0 saturated carbocycles. The molecule has 0 saturated heterocycles. The first-order valence-electron chi connectivity index (χ1n) is 5.73. The van der Waals surface area contributed by atoms with Crippen molar-refractivity contribution in [3.63, 3.8) is 0 Å². The normalized spacial score (nSPS) is 13.8. The summed E-state index contributed by atoms with van der Waals surface area (Å²) < 4.78 is 0. The maximum atomic E-state index is 6.27. The lowest BCUT2D eigenvalue weighted by atomic mass is 9.90. The lowest BCUT2D eigenvalue weighted by Gasteiger charge is -2.21. The van der Waals surface area contributed by atoms with Crippen LogP contribution in [0.5, 0.6) is 0 Å². The first-order valence-corrected chi connectivity index (χ1v) is 7.04. The maximum absolute atomic E-state index is 6.27. The molecule has 1 aromatic heterocycles. The zero-order chi connectivity index (χ0) is 12.2. The van der Waals surface area contributed by atoms with Gasteiger partial charge in [0.05, 0.1) is 11.1 Å². The number of hydrogen-bond acceptors (Lipinski definition) is 3. The second kappa shape index (κ2) is 5.87. The summed E-state index contributed by atoms with van der Waals surface area (Å²) in [6.45, 7) is 9.53. The van der Waals surface area contributed by atoms with E-state index in [1.54, 1.807) is 11.3 Å². The van der Waals surface area contributed by atoms with Gasteiger partial charge in [-0.1, -0.05) is 27.7 Å². The van der Waals surface area contributed by atoms with Crippen molar-refractivity contribution in [2.75, 3.05) is 11.9 Å². The molecule has 1 aromatic rings. The molecule has 4 heteroatoms. The molecule has 2 nitrogen and oxygen atoms in total. The molecule has 1 heterocycles. The van der Waals surface area contributed by atoms with E-state index in [2.05, 4.69) is 43.4 Å². The van der Waals surface area contributed by atoms with Crippen molar-refractivity contribution < 1.29 is 0 Å². The van der Waals surface area contributed by atoms with E-state index in [4.69, 9.17) is 11.6 Å². The van der Waals surface area contributed by atoms with Gasteiger partial charge in [0, 0.05) is 11.9 Å². The van der Waals surface area contributed by atoms with Crippen LogP contribution in [0.15, 0.2) is 5.38 Å². The third kappa shape index (κ3) is 5.17. The molecule has 1 rings (SSSR count). The number of aromatic nitrogens is 1. The van der Waals surface area contributed by atoms with Crippen molar-refractivity contribution in [2.45, 2.75) is 45.9 Å². The standard InChI is InChI=1S/C12H21ClN2S/c1-5-10-8-16-11(15-10)14-7-9(13)6-12(2,3)4/h8-9H,5-7H2,1-4H3,(H,14,15). The Bertz CT molecular complexity index is 317. The van der Waals surface area contributed by atoms with Crippen LogP contribution in [0.1, 0.15) is 39.8 Å². The van der Waals surface area contributed by atoms with E-state index in [1.165, 1.54) is 0 Å². The molecule has 1 N–H and O–H groups in total. The zero-order valence-electron chi connectivity index (χ0n) is 10.5. The molecule has 0 aliphatic heterocycles. The fourth-order valence-corrected chi connectivity index (χ4v) is 2.83. The van der Waals surface area contributed by atoms with Crippen molar-refractivity contribution in [1.29, 1.82) is 0 Å². The van der Waals surface area contributed by atoms with Gasteiger partial charge in [-0.15, -0.1) is 22.9 Å². The number of alkyl halides is 1. The molecule has 0 amide bonds. The summed E-state index contributed by atoms with van der Waals surface area (Å²) in [5.74, 6) is 0. The summed E-state index contributed by atoms with van der Waals surface area (Å²) in [7, 11) is 0. The van der Waals surface area contributed by atoms with Crippen LogP contribution in [-0.4, -0.2) is 16.9 Å². The molecule has 0 aromatic carbocycles. The Hall–Kier alpha value is -0.280. The van der Waals surface area contributed by atoms with Crippen LogP contribution >= 0.6 is 22.9 Å². The van der Waals surface area contributed by atoms with Gasteiger partial charge in [-0.05, 0) is 18.3 Å². The summed E-state index contributed by atoms with van der Waals surface area (Å²) in [4.78, 5) is 4.45. The van der Waals surface area contributed by atoms with Crippen LogP contribution in [0.2, 0.25) is 0 Å². The van der Waals surface area contributed by atoms with Crippen LogP contribution in [0, 0.1) is 5.41 Å². The first-order chi connectivity index (χ1) is 7.40. The van der Waals surface area contributed by atoms with Gasteiger partial charge >= 0.3 is 0 Å². The summed E-state index contributed by atoms with van der Waals surface area (Å²) in [6, 6.07) is 0. The van der Waals surface area contributed by atoms with Crippen LogP contribution in [0.4, 0.5) is 5.13 Å². The van der Waals surface area contributed by atoms with Crippen LogP contribution in [-0.2, 0) is 6.42 Å². The Kier molecular flexibility index (Phi) is 5.06. The van der Waals surface area contributed by atoms with E-state index in [1.807, 2.05) is 0 Å². The van der Waals surface area contributed by atoms with Crippen LogP contribution in [0.25, 0.3) is 0 Å². The molecule has 0 aliphatic carbocycles. The SMILES string of the molecule is CCc1csc(NCC(Cl)CC(C)(C)C)n1. The van der Waals surface area contributed by atoms with Crippen LogP contribution in [0.3, 0.4) is 0 Å². The van der Waals surface area contributed by atoms with Crippen LogP contribution < -0.4 is 5.32 Å². The van der Waals surface area contributed by atoms with E-state index in [0.717, 1.165) is 30.2 Å². The molecule has 0 radical (unpaired) electrons. The molecular formula is C12H21ClN2S. The lowest BCUT2D eigenvalue weighted by Crippen LogP contribution is -2.20. The van der Waals surface area contributed by atoms with Gasteiger partial charge in [-0.2, -0.15) is 0 Å². The fraction of sp³-hybridized carbons (Fsp3) is 0.750. The molecule has 1 atom stereocenters. The Labute approximate surface area is 107 Å². The van der Waals surface area contributed by atoms with Crippen molar-refractivity contribution in [1.82, 2.24) is 4.98 Å². The average Bonchev–Trinajstić information content (AvgIpc) is 2.59. The molecule has 0 bridgehead atoms. The van der Waals surface area contributed by atoms with E-state index in [9.17, 15) is 0 Å². The zero-order valence-corrected chi connectivity index (χ0v) is 12.1. The van der Waals surface area contributed by atoms with Gasteiger partial charge in [0.2, 0.25) is 0 Å². The highest BCUT2D eigenvalue weighted by atomic mass is 35.5. The second-order valence-corrected chi connectivity index (χ2v) is 6.72. The van der Waals surface area contributed by atoms with E-state index in [-0.39, 0.29) is 10.8 Å². The third-order valence-corrected chi connectivity index (χ3v) is 3.38. The van der Waals surface area contributed by atoms with Crippen molar-refractivity contribution in [3.05, 3.63) is 11.1 Å². The summed E-state index contributed by atoms with van der Waals surface area (Å²) in [5.41, 5.74) is 1.43. The fourth-order valence-electron chi connectivity index (χ4n) is 1.49. The number of aryl methyl sites for hydroxylation is 1. The molecule has 0 aliphatic rings. The number of hydrogen-bond donors (Lipinski definition) is 1. The van der Waals surface area contributed by atoms with Gasteiger partial charge in [0.25, 0.3) is 0 Å². The third-order valence-electron chi connectivity index (χ3n) is 2.22. The molecule has 16 heavy (non-hydrogen) atoms. The number of halogens is 1. The molecule has 1 unspecified atom stereocenters. The number of nitrogens with zero attached hydrogens (tertiary/aromatic N) is 1. The average molecular weight is 261 g/mol. The van der Waals surface area contributed by atoms with Gasteiger partial charge in [0.1, 0.15) is 0 Å². The lowest BCUT2D eigenvalue weighted by molar-refractivity contribution is 0.373. The Balaban J connectivity index is 2.34. The van der Waals surface area contributed by atoms with Gasteiger partial charge in [0.15, 0.2) is 5.13 Å². The highest BCUT2D eigenvalue weighted by Gasteiger charge is 2.16. The van der Waals surface area contributed by atoms with E-state index >= 15 is 0 Å². The maximum Gasteiger partial charge on any atom is 0.182 e. The summed E-state index contributed by atoms with van der Waals surface area (Å²) >= 11 is 7.92. The minimum Gasteiger partial charge on any atom is -0.360 e. The first kappa shape index (κ1) is 13.8. The highest BCUT2D eigenvalue weighted by Crippen LogP contribution is 2.24. The van der Waals surface area contributed by atoms with Crippen molar-refractivity contribution >= 4 is 28.1 Å². The minimum atomic E-state index is 0.161. The smallest absolute Gasteiger partial charge is 0.182 e. The Morgan fingerprint density at radius 2 is 2.19 bits per heavy atom. The van der Waals surface area contributed by atoms with E-state index in [0.29, 0.717) is 0 Å². The monoisotopic (exact) mass is 260 g/mol. The quantitative estimate of drug-likeness (QED) is 0.804. The number of nitrogens with one attached hydrogen (secondary N) is 1. The minimum absolute atomic E-state index is 0.161. The van der Waals surface area contributed by atoms with E-state index < -0.39 is 0 Å². The molecular weight excluding hydrogens is 240 g/mol. The second-order valence-electron chi connectivity index (χ2n) is 5.24. The predicted molar refractivity (Wildman–Crippen MR) is 73.7 cm³/mol. The Morgan fingerprint density at radius 1 is 1.50 bits per heavy atom. The van der Waals surface area contributed by atoms with Crippen molar-refractivity contribution in [2.24, 2.45) is 5.41 Å². The Morgan fingerprint density at radius 3 is 2.69 bits per heavy atom. The number of anilines is 1. The molecule has 92 valence electrons. The number of thiazole rings is 1. The van der Waals surface area contributed by atoms with Gasteiger partial charge in [-0.3, -0.25) is 0 Å². The molecule has 0 spiro atoms. The summed E-state index contributed by atoms with van der Waals surface area (Å²) in [6.07, 6.45) is 2.00. The largest absolute Gasteiger partial charge is 0.360 e. The topological polar surface area (TPSA) is 24.9 Å². The molecule has 0 fully saturated rings. The van der Waals surface area contributed by atoms with Gasteiger partial charge in [-0.25, -0.2) is 4.98 Å². The van der Waals surface area contributed by atoms with Gasteiger partial charge < -0.3 is 5.32 Å². The van der Waals surface area contributed by atoms with Crippen molar-refractivity contribution in [3.8, 4) is 0 Å². The number of rotatable bonds is 5. The summed E-state index contributed by atoms with van der Waals surface area (Å²) in [5, 5.41) is 6.53. The highest BCUT2D eigenvalue weighted by molar-refractivity contribution is 7.13.